The fourth-order valence-electron chi connectivity index (χ4n) is 2.28. The number of aryl methyl sites for hydroxylation is 2. The zero-order chi connectivity index (χ0) is 16.8. The second-order valence-corrected chi connectivity index (χ2v) is 5.05. The van der Waals surface area contributed by atoms with Gasteiger partial charge < -0.3 is 10.1 Å². The van der Waals surface area contributed by atoms with Gasteiger partial charge in [-0.15, -0.1) is 0 Å². The number of aromatic nitrogens is 3. The van der Waals surface area contributed by atoms with Crippen molar-refractivity contribution in [3.05, 3.63) is 53.3 Å². The van der Waals surface area contributed by atoms with Gasteiger partial charge in [-0.3, -0.25) is 0 Å². The van der Waals surface area contributed by atoms with Gasteiger partial charge in [0.25, 0.3) is 0 Å². The first-order chi connectivity index (χ1) is 11.2. The van der Waals surface area contributed by atoms with E-state index in [-0.39, 0.29) is 0 Å². The number of nitrogens with zero attached hydrogens (tertiary/aromatic N) is 3. The van der Waals surface area contributed by atoms with E-state index in [1.165, 1.54) is 5.56 Å². The van der Waals surface area contributed by atoms with Gasteiger partial charge in [-0.1, -0.05) is 26.0 Å². The molecule has 0 radical (unpaired) electrons. The van der Waals surface area contributed by atoms with Gasteiger partial charge in [-0.2, -0.15) is 9.61 Å². The zero-order valence-electron chi connectivity index (χ0n) is 14.4. The minimum atomic E-state index is 0.725. The van der Waals surface area contributed by atoms with Crippen molar-refractivity contribution in [2.75, 3.05) is 12.4 Å². The van der Waals surface area contributed by atoms with Crippen molar-refractivity contribution < 1.29 is 4.74 Å². The molecule has 1 N–H and O–H groups in total. The normalized spacial score (nSPS) is 10.1. The van der Waals surface area contributed by atoms with Gasteiger partial charge in [0.15, 0.2) is 5.65 Å². The van der Waals surface area contributed by atoms with Crippen LogP contribution in [0.1, 0.15) is 30.7 Å². The molecule has 0 fully saturated rings. The average molecular weight is 312 g/mol. The highest BCUT2D eigenvalue weighted by atomic mass is 16.5. The average Bonchev–Trinajstić information content (AvgIpc) is 2.97. The van der Waals surface area contributed by atoms with Gasteiger partial charge >= 0.3 is 0 Å². The first-order valence-corrected chi connectivity index (χ1v) is 7.86. The molecule has 2 heterocycles. The van der Waals surface area contributed by atoms with Crippen LogP contribution >= 0.6 is 0 Å². The summed E-state index contributed by atoms with van der Waals surface area (Å²) in [6.45, 7) is 8.72. The van der Waals surface area contributed by atoms with E-state index < -0.39 is 0 Å². The van der Waals surface area contributed by atoms with Gasteiger partial charge in [-0.25, -0.2) is 4.98 Å². The fourth-order valence-corrected chi connectivity index (χ4v) is 2.28. The van der Waals surface area contributed by atoms with E-state index >= 15 is 0 Å². The highest BCUT2D eigenvalue weighted by Gasteiger charge is 2.07. The van der Waals surface area contributed by atoms with Crippen LogP contribution in [-0.2, 0) is 6.54 Å². The summed E-state index contributed by atoms with van der Waals surface area (Å²) < 4.78 is 7.02. The van der Waals surface area contributed by atoms with Crippen LogP contribution in [0.3, 0.4) is 0 Å². The van der Waals surface area contributed by atoms with Gasteiger partial charge in [-0.05, 0) is 31.5 Å². The Morgan fingerprint density at radius 2 is 1.83 bits per heavy atom. The lowest BCUT2D eigenvalue weighted by atomic mass is 10.2. The maximum Gasteiger partial charge on any atom is 0.157 e. The predicted octanol–water partition coefficient (Wildman–Crippen LogP) is 3.99. The van der Waals surface area contributed by atoms with E-state index in [9.17, 15) is 0 Å². The van der Waals surface area contributed by atoms with Crippen molar-refractivity contribution in [2.45, 2.75) is 34.2 Å². The van der Waals surface area contributed by atoms with Crippen molar-refractivity contribution in [3.63, 3.8) is 0 Å². The number of fused-ring (bicyclic) bond motifs is 1. The van der Waals surface area contributed by atoms with Gasteiger partial charge in [0.05, 0.1) is 12.8 Å². The molecular weight excluding hydrogens is 288 g/mol. The van der Waals surface area contributed by atoms with Crippen molar-refractivity contribution in [2.24, 2.45) is 0 Å². The third-order valence-corrected chi connectivity index (χ3v) is 3.41. The molecule has 5 nitrogen and oxygen atoms in total. The highest BCUT2D eigenvalue weighted by molar-refractivity contribution is 5.53. The highest BCUT2D eigenvalue weighted by Crippen LogP contribution is 2.18. The van der Waals surface area contributed by atoms with Gasteiger partial charge in [0.2, 0.25) is 0 Å². The molecule has 0 spiro atoms. The molecule has 122 valence electrons. The minimum absolute atomic E-state index is 0.725. The Hall–Kier alpha value is -2.56. The lowest BCUT2D eigenvalue weighted by molar-refractivity contribution is 0.414. The first-order valence-electron chi connectivity index (χ1n) is 7.86. The van der Waals surface area contributed by atoms with Crippen LogP contribution in [0, 0.1) is 13.8 Å². The number of hydrogen-bond acceptors (Lipinski definition) is 4. The smallest absolute Gasteiger partial charge is 0.157 e. The van der Waals surface area contributed by atoms with Crippen LogP contribution in [0.25, 0.3) is 5.65 Å². The zero-order valence-corrected chi connectivity index (χ0v) is 14.4. The number of nitrogens with one attached hydrogen (secondary N) is 1. The molecule has 0 atom stereocenters. The largest absolute Gasteiger partial charge is 0.497 e. The molecule has 0 amide bonds. The molecule has 0 aliphatic rings. The molecule has 1 aromatic carbocycles. The predicted molar refractivity (Wildman–Crippen MR) is 94.1 cm³/mol. The Morgan fingerprint density at radius 3 is 2.48 bits per heavy atom. The summed E-state index contributed by atoms with van der Waals surface area (Å²) in [5.74, 6) is 1.84. The Morgan fingerprint density at radius 1 is 1.13 bits per heavy atom. The van der Waals surface area contributed by atoms with Crippen molar-refractivity contribution in [1.29, 1.82) is 0 Å². The Balaban J connectivity index is 0.000000924. The van der Waals surface area contributed by atoms with Crippen molar-refractivity contribution in [3.8, 4) is 5.75 Å². The Labute approximate surface area is 137 Å². The number of benzene rings is 1. The van der Waals surface area contributed by atoms with E-state index in [2.05, 4.69) is 15.4 Å². The SMILES string of the molecule is CC.COc1ccc(CNc2c(C)cnc3cc(C)nn23)cc1. The summed E-state index contributed by atoms with van der Waals surface area (Å²) in [5, 5.41) is 7.93. The molecule has 0 saturated carbocycles. The second kappa shape index (κ2) is 7.63. The number of anilines is 1. The van der Waals surface area contributed by atoms with Crippen LogP contribution in [0.5, 0.6) is 5.75 Å². The first kappa shape index (κ1) is 16.8. The third-order valence-electron chi connectivity index (χ3n) is 3.41. The molecule has 0 bridgehead atoms. The Bertz CT molecular complexity index is 763. The molecule has 5 heteroatoms. The number of hydrogen-bond donors (Lipinski definition) is 1. The second-order valence-electron chi connectivity index (χ2n) is 5.05. The quantitative estimate of drug-likeness (QED) is 0.791. The number of rotatable bonds is 4. The molecule has 3 aromatic rings. The van der Waals surface area contributed by atoms with E-state index in [1.54, 1.807) is 7.11 Å². The molecule has 0 aliphatic carbocycles. The summed E-state index contributed by atoms with van der Waals surface area (Å²) in [6.07, 6.45) is 1.87. The van der Waals surface area contributed by atoms with Gasteiger partial charge in [0.1, 0.15) is 11.6 Å². The van der Waals surface area contributed by atoms with Crippen molar-refractivity contribution in [1.82, 2.24) is 14.6 Å². The van der Waals surface area contributed by atoms with Crippen LogP contribution in [0.4, 0.5) is 5.82 Å². The van der Waals surface area contributed by atoms with Gasteiger partial charge in [0, 0.05) is 24.4 Å². The molecule has 0 saturated heterocycles. The monoisotopic (exact) mass is 312 g/mol. The molecule has 23 heavy (non-hydrogen) atoms. The molecule has 0 unspecified atom stereocenters. The lowest BCUT2D eigenvalue weighted by Crippen LogP contribution is -2.08. The molecule has 0 aliphatic heterocycles. The standard InChI is InChI=1S/C16H18N4O.C2H6/c1-11-9-17-15-8-12(2)19-20(15)16(11)18-10-13-4-6-14(21-3)7-5-13;1-2/h4-9,18H,10H2,1-3H3;1-2H3. The van der Waals surface area contributed by atoms with E-state index in [1.807, 2.05) is 68.7 Å². The summed E-state index contributed by atoms with van der Waals surface area (Å²) in [6, 6.07) is 9.99. The molecular formula is C18H24N4O. The molecule has 2 aromatic heterocycles. The Kier molecular flexibility index (Phi) is 5.57. The number of methoxy groups -OCH3 is 1. The van der Waals surface area contributed by atoms with E-state index in [4.69, 9.17) is 4.74 Å². The van der Waals surface area contributed by atoms with Crippen LogP contribution in [0.15, 0.2) is 36.5 Å². The summed E-state index contributed by atoms with van der Waals surface area (Å²) in [4.78, 5) is 4.38. The number of ether oxygens (including phenoxy) is 1. The maximum atomic E-state index is 5.17. The van der Waals surface area contributed by atoms with Crippen LogP contribution in [0.2, 0.25) is 0 Å². The summed E-state index contributed by atoms with van der Waals surface area (Å²) in [5.41, 5.74) is 4.07. The maximum absolute atomic E-state index is 5.17. The third kappa shape index (κ3) is 3.80. The van der Waals surface area contributed by atoms with Crippen LogP contribution in [-0.4, -0.2) is 21.7 Å². The van der Waals surface area contributed by atoms with E-state index in [0.29, 0.717) is 0 Å². The summed E-state index contributed by atoms with van der Waals surface area (Å²) in [7, 11) is 1.67. The fraction of sp³-hybridized carbons (Fsp3) is 0.333. The lowest BCUT2D eigenvalue weighted by Gasteiger charge is -2.11. The topological polar surface area (TPSA) is 51.5 Å². The summed E-state index contributed by atoms with van der Waals surface area (Å²) >= 11 is 0. The van der Waals surface area contributed by atoms with E-state index in [0.717, 1.165) is 35.0 Å². The minimum Gasteiger partial charge on any atom is -0.497 e. The van der Waals surface area contributed by atoms with Crippen LogP contribution < -0.4 is 10.1 Å². The molecule has 3 rings (SSSR count). The van der Waals surface area contributed by atoms with Crippen molar-refractivity contribution >= 4 is 11.5 Å².